The Hall–Kier alpha value is -1.07. The largest absolute Gasteiger partial charge is 0.457 e. The third-order valence-electron chi connectivity index (χ3n) is 2.31. The lowest BCUT2D eigenvalue weighted by Crippen LogP contribution is -2.04. The minimum absolute atomic E-state index is 0.851. The Morgan fingerprint density at radius 2 is 1.76 bits per heavy atom. The van der Waals surface area contributed by atoms with E-state index in [-0.39, 0.29) is 0 Å². The van der Waals surface area contributed by atoms with Crippen molar-refractivity contribution in [1.29, 1.82) is 0 Å². The second-order valence-corrected chi connectivity index (χ2v) is 4.98. The zero-order chi connectivity index (χ0) is 12.1. The van der Waals surface area contributed by atoms with Crippen LogP contribution in [0, 0.1) is 3.57 Å². The van der Waals surface area contributed by atoms with Gasteiger partial charge in [-0.1, -0.05) is 18.2 Å². The molecule has 0 aliphatic heterocycles. The van der Waals surface area contributed by atoms with Crippen molar-refractivity contribution in [3.05, 3.63) is 57.7 Å². The quantitative estimate of drug-likeness (QED) is 0.856. The molecule has 0 saturated heterocycles. The number of nitrogens with one attached hydrogen (secondary N) is 1. The highest BCUT2D eigenvalue weighted by Crippen LogP contribution is 2.23. The van der Waals surface area contributed by atoms with Gasteiger partial charge in [0.15, 0.2) is 0 Å². The van der Waals surface area contributed by atoms with Gasteiger partial charge in [0.2, 0.25) is 0 Å². The fraction of sp³-hybridized carbons (Fsp3) is 0.143. The normalized spacial score (nSPS) is 10.2. The molecule has 0 fully saturated rings. The van der Waals surface area contributed by atoms with E-state index in [0.29, 0.717) is 0 Å². The van der Waals surface area contributed by atoms with Gasteiger partial charge in [-0.15, -0.1) is 0 Å². The predicted molar refractivity (Wildman–Crippen MR) is 78.4 cm³/mol. The van der Waals surface area contributed by atoms with Crippen molar-refractivity contribution in [2.75, 3.05) is 7.05 Å². The van der Waals surface area contributed by atoms with Crippen molar-refractivity contribution in [2.45, 2.75) is 6.54 Å². The number of benzene rings is 2. The van der Waals surface area contributed by atoms with E-state index in [1.807, 2.05) is 43.4 Å². The summed E-state index contributed by atoms with van der Waals surface area (Å²) in [6, 6.07) is 16.1. The first-order valence-corrected chi connectivity index (χ1v) is 6.53. The number of hydrogen-bond donors (Lipinski definition) is 1. The Kier molecular flexibility index (Phi) is 4.39. The highest BCUT2D eigenvalue weighted by molar-refractivity contribution is 14.1. The Bertz CT molecular complexity index is 499. The van der Waals surface area contributed by atoms with Crippen LogP contribution in [0.5, 0.6) is 11.5 Å². The monoisotopic (exact) mass is 339 g/mol. The molecule has 0 saturated carbocycles. The average molecular weight is 339 g/mol. The van der Waals surface area contributed by atoms with Crippen molar-refractivity contribution >= 4 is 22.6 Å². The van der Waals surface area contributed by atoms with Crippen molar-refractivity contribution in [2.24, 2.45) is 0 Å². The first-order chi connectivity index (χ1) is 8.28. The van der Waals surface area contributed by atoms with Gasteiger partial charge in [-0.05, 0) is 65.5 Å². The molecule has 0 amide bonds. The van der Waals surface area contributed by atoms with Crippen LogP contribution in [-0.4, -0.2) is 7.05 Å². The number of halogens is 1. The van der Waals surface area contributed by atoms with Gasteiger partial charge in [-0.25, -0.2) is 0 Å². The van der Waals surface area contributed by atoms with Crippen molar-refractivity contribution in [3.63, 3.8) is 0 Å². The third-order valence-corrected chi connectivity index (χ3v) is 2.98. The van der Waals surface area contributed by atoms with Crippen LogP contribution in [0.2, 0.25) is 0 Å². The van der Waals surface area contributed by atoms with Crippen LogP contribution in [0.25, 0.3) is 0 Å². The van der Waals surface area contributed by atoms with Crippen LogP contribution < -0.4 is 10.1 Å². The number of ether oxygens (including phenoxy) is 1. The second-order valence-electron chi connectivity index (χ2n) is 3.74. The lowest BCUT2D eigenvalue weighted by atomic mass is 10.2. The van der Waals surface area contributed by atoms with E-state index in [2.05, 4.69) is 40.0 Å². The lowest BCUT2D eigenvalue weighted by Gasteiger charge is -2.07. The molecule has 2 nitrogen and oxygen atoms in total. The molecular formula is C14H14INO. The van der Waals surface area contributed by atoms with Crippen LogP contribution in [0.4, 0.5) is 0 Å². The molecule has 1 N–H and O–H groups in total. The summed E-state index contributed by atoms with van der Waals surface area (Å²) >= 11 is 2.28. The van der Waals surface area contributed by atoms with E-state index in [9.17, 15) is 0 Å². The van der Waals surface area contributed by atoms with Crippen molar-refractivity contribution < 1.29 is 4.74 Å². The molecule has 0 bridgehead atoms. The standard InChI is InChI=1S/C14H14INO/c1-16-10-11-4-2-6-13(8-11)17-14-7-3-5-12(15)9-14/h2-9,16H,10H2,1H3. The molecule has 0 radical (unpaired) electrons. The molecule has 0 unspecified atom stereocenters. The van der Waals surface area contributed by atoms with Crippen LogP contribution >= 0.6 is 22.6 Å². The molecular weight excluding hydrogens is 325 g/mol. The Labute approximate surface area is 115 Å². The molecule has 3 heteroatoms. The van der Waals surface area contributed by atoms with Gasteiger partial charge in [-0.2, -0.15) is 0 Å². The molecule has 0 aromatic heterocycles. The van der Waals surface area contributed by atoms with Crippen LogP contribution in [0.1, 0.15) is 5.56 Å². The molecule has 0 heterocycles. The summed E-state index contributed by atoms with van der Waals surface area (Å²) in [6.45, 7) is 0.851. The van der Waals surface area contributed by atoms with Crippen molar-refractivity contribution in [1.82, 2.24) is 5.32 Å². The van der Waals surface area contributed by atoms with Gasteiger partial charge in [-0.3, -0.25) is 0 Å². The fourth-order valence-electron chi connectivity index (χ4n) is 1.59. The molecule has 17 heavy (non-hydrogen) atoms. The Morgan fingerprint density at radius 3 is 2.47 bits per heavy atom. The Morgan fingerprint density at radius 1 is 1.06 bits per heavy atom. The second kappa shape index (κ2) is 6.02. The van der Waals surface area contributed by atoms with Crippen LogP contribution in [0.15, 0.2) is 48.5 Å². The first kappa shape index (κ1) is 12.4. The molecule has 0 spiro atoms. The zero-order valence-electron chi connectivity index (χ0n) is 9.61. The van der Waals surface area contributed by atoms with Crippen molar-refractivity contribution in [3.8, 4) is 11.5 Å². The maximum Gasteiger partial charge on any atom is 0.128 e. The number of hydrogen-bond acceptors (Lipinski definition) is 2. The summed E-state index contributed by atoms with van der Waals surface area (Å²) < 4.78 is 6.99. The minimum Gasteiger partial charge on any atom is -0.457 e. The highest BCUT2D eigenvalue weighted by Gasteiger charge is 1.99. The SMILES string of the molecule is CNCc1cccc(Oc2cccc(I)c2)c1. The molecule has 0 aliphatic rings. The van der Waals surface area contributed by atoms with Crippen LogP contribution in [-0.2, 0) is 6.54 Å². The predicted octanol–water partition coefficient (Wildman–Crippen LogP) is 3.80. The fourth-order valence-corrected chi connectivity index (χ4v) is 2.10. The average Bonchev–Trinajstić information content (AvgIpc) is 2.30. The molecule has 2 rings (SSSR count). The van der Waals surface area contributed by atoms with E-state index in [1.165, 1.54) is 9.13 Å². The lowest BCUT2D eigenvalue weighted by molar-refractivity contribution is 0.481. The van der Waals surface area contributed by atoms with E-state index in [1.54, 1.807) is 0 Å². The maximum atomic E-state index is 5.81. The molecule has 0 atom stereocenters. The van der Waals surface area contributed by atoms with E-state index in [0.717, 1.165) is 18.0 Å². The minimum atomic E-state index is 0.851. The molecule has 88 valence electrons. The topological polar surface area (TPSA) is 21.3 Å². The number of rotatable bonds is 4. The van der Waals surface area contributed by atoms with E-state index in [4.69, 9.17) is 4.74 Å². The molecule has 0 aliphatic carbocycles. The van der Waals surface area contributed by atoms with Gasteiger partial charge < -0.3 is 10.1 Å². The summed E-state index contributed by atoms with van der Waals surface area (Å²) in [6.07, 6.45) is 0. The van der Waals surface area contributed by atoms with Gasteiger partial charge in [0.05, 0.1) is 0 Å². The first-order valence-electron chi connectivity index (χ1n) is 5.45. The third kappa shape index (κ3) is 3.71. The summed E-state index contributed by atoms with van der Waals surface area (Å²) in [4.78, 5) is 0. The van der Waals surface area contributed by atoms with Gasteiger partial charge in [0.1, 0.15) is 11.5 Å². The smallest absolute Gasteiger partial charge is 0.128 e. The summed E-state index contributed by atoms with van der Waals surface area (Å²) in [5.74, 6) is 1.75. The summed E-state index contributed by atoms with van der Waals surface area (Å²) in [5, 5.41) is 3.13. The Balaban J connectivity index is 2.15. The van der Waals surface area contributed by atoms with Gasteiger partial charge in [0.25, 0.3) is 0 Å². The van der Waals surface area contributed by atoms with Gasteiger partial charge in [0, 0.05) is 10.1 Å². The zero-order valence-corrected chi connectivity index (χ0v) is 11.8. The summed E-state index contributed by atoms with van der Waals surface area (Å²) in [7, 11) is 1.94. The van der Waals surface area contributed by atoms with Gasteiger partial charge >= 0.3 is 0 Å². The molecule has 2 aromatic rings. The van der Waals surface area contributed by atoms with E-state index >= 15 is 0 Å². The summed E-state index contributed by atoms with van der Waals surface area (Å²) in [5.41, 5.74) is 1.22. The van der Waals surface area contributed by atoms with Crippen LogP contribution in [0.3, 0.4) is 0 Å². The molecule has 2 aromatic carbocycles. The maximum absolute atomic E-state index is 5.81. The highest BCUT2D eigenvalue weighted by atomic mass is 127. The van der Waals surface area contributed by atoms with E-state index < -0.39 is 0 Å².